The van der Waals surface area contributed by atoms with E-state index in [1.807, 2.05) is 17.5 Å². The van der Waals surface area contributed by atoms with Gasteiger partial charge in [-0.15, -0.1) is 11.3 Å². The van der Waals surface area contributed by atoms with Crippen LogP contribution in [0.3, 0.4) is 0 Å². The molecular weight excluding hydrogens is 365 g/mol. The molecule has 1 amide bonds. The number of thiophene rings is 1. The Balaban J connectivity index is 1.67. The lowest BCUT2D eigenvalue weighted by atomic mass is 10.0. The van der Waals surface area contributed by atoms with Gasteiger partial charge in [-0.25, -0.2) is 0 Å². The van der Waals surface area contributed by atoms with Gasteiger partial charge in [-0.3, -0.25) is 9.69 Å². The number of alkyl halides is 3. The maximum absolute atomic E-state index is 12.9. The normalized spacial score (nSPS) is 21.1. The number of nitrogens with one attached hydrogen (secondary N) is 1. The van der Waals surface area contributed by atoms with E-state index in [4.69, 9.17) is 0 Å². The predicted molar refractivity (Wildman–Crippen MR) is 92.5 cm³/mol. The minimum absolute atomic E-state index is 0.0311. The van der Waals surface area contributed by atoms with E-state index >= 15 is 0 Å². The maximum atomic E-state index is 12.9. The molecule has 8 heteroatoms. The summed E-state index contributed by atoms with van der Waals surface area (Å²) in [5.74, 6) is -0.218. The summed E-state index contributed by atoms with van der Waals surface area (Å²) in [6.45, 7) is 0.706. The molecule has 2 atom stereocenters. The first-order chi connectivity index (χ1) is 12.3. The number of hydrogen-bond acceptors (Lipinski definition) is 4. The standard InChI is InChI=1S/C18H19F3N2O2S/c19-18(20,21)13-4-1-3-12(7-13)16-8-14(24)10-23(16)11-17(25)22-9-15-5-2-6-26-15/h1-7,14,16,24H,8-11H2,(H,22,25). The molecule has 0 saturated carbocycles. The highest BCUT2D eigenvalue weighted by Gasteiger charge is 2.35. The molecule has 0 bridgehead atoms. The van der Waals surface area contributed by atoms with Crippen LogP contribution in [-0.4, -0.2) is 35.1 Å². The average molecular weight is 384 g/mol. The molecule has 26 heavy (non-hydrogen) atoms. The van der Waals surface area contributed by atoms with E-state index in [2.05, 4.69) is 5.32 Å². The second-order valence-electron chi connectivity index (χ2n) is 6.31. The number of carbonyl (C=O) groups excluding carboxylic acids is 1. The fourth-order valence-electron chi connectivity index (χ4n) is 3.16. The monoisotopic (exact) mass is 384 g/mol. The van der Waals surface area contributed by atoms with E-state index in [1.54, 1.807) is 11.0 Å². The predicted octanol–water partition coefficient (Wildman–Crippen LogP) is 3.19. The molecule has 2 unspecified atom stereocenters. The lowest BCUT2D eigenvalue weighted by Crippen LogP contribution is -2.37. The smallest absolute Gasteiger partial charge is 0.392 e. The largest absolute Gasteiger partial charge is 0.416 e. The van der Waals surface area contributed by atoms with Crippen LogP contribution >= 0.6 is 11.3 Å². The number of likely N-dealkylation sites (tertiary alicyclic amines) is 1. The van der Waals surface area contributed by atoms with E-state index in [0.29, 0.717) is 18.5 Å². The highest BCUT2D eigenvalue weighted by Crippen LogP contribution is 2.35. The molecule has 0 spiro atoms. The number of hydrogen-bond donors (Lipinski definition) is 2. The number of benzene rings is 1. The number of halogens is 3. The second kappa shape index (κ2) is 7.77. The zero-order valence-electron chi connectivity index (χ0n) is 13.9. The van der Waals surface area contributed by atoms with Gasteiger partial charge in [0.25, 0.3) is 0 Å². The summed E-state index contributed by atoms with van der Waals surface area (Å²) in [5, 5.41) is 14.7. The number of nitrogens with zero attached hydrogens (tertiary/aromatic N) is 1. The van der Waals surface area contributed by atoms with Crippen LogP contribution in [0.25, 0.3) is 0 Å². The SMILES string of the molecule is O=C(CN1CC(O)CC1c1cccc(C(F)(F)F)c1)NCc1cccs1. The Morgan fingerprint density at radius 2 is 2.12 bits per heavy atom. The van der Waals surface area contributed by atoms with E-state index in [-0.39, 0.29) is 19.0 Å². The summed E-state index contributed by atoms with van der Waals surface area (Å²) in [6, 6.07) is 8.47. The highest BCUT2D eigenvalue weighted by molar-refractivity contribution is 7.09. The summed E-state index contributed by atoms with van der Waals surface area (Å²) < 4.78 is 38.8. The third-order valence-corrected chi connectivity index (χ3v) is 5.24. The van der Waals surface area contributed by atoms with Crippen molar-refractivity contribution in [1.29, 1.82) is 0 Å². The number of aliphatic hydroxyl groups is 1. The van der Waals surface area contributed by atoms with Crippen LogP contribution in [0, 0.1) is 0 Å². The van der Waals surface area contributed by atoms with Crippen LogP contribution < -0.4 is 5.32 Å². The molecule has 1 aromatic carbocycles. The molecule has 2 N–H and O–H groups in total. The molecule has 1 aromatic heterocycles. The van der Waals surface area contributed by atoms with Crippen molar-refractivity contribution in [1.82, 2.24) is 10.2 Å². The van der Waals surface area contributed by atoms with Gasteiger partial charge in [0.1, 0.15) is 0 Å². The van der Waals surface area contributed by atoms with Crippen LogP contribution in [0.1, 0.15) is 28.5 Å². The number of β-amino-alcohol motifs (C(OH)–C–C–N with tert-alkyl or cyclic N) is 1. The fraction of sp³-hybridized carbons (Fsp3) is 0.389. The quantitative estimate of drug-likeness (QED) is 0.833. The van der Waals surface area contributed by atoms with Gasteiger partial charge in [0, 0.05) is 17.5 Å². The Morgan fingerprint density at radius 3 is 2.81 bits per heavy atom. The second-order valence-corrected chi connectivity index (χ2v) is 7.35. The molecule has 140 valence electrons. The Labute approximate surface area is 153 Å². The van der Waals surface area contributed by atoms with Crippen molar-refractivity contribution in [2.45, 2.75) is 31.3 Å². The number of rotatable bonds is 5. The van der Waals surface area contributed by atoms with E-state index in [9.17, 15) is 23.1 Å². The summed E-state index contributed by atoms with van der Waals surface area (Å²) in [4.78, 5) is 14.9. The van der Waals surface area contributed by atoms with Crippen LogP contribution in [0.2, 0.25) is 0 Å². The van der Waals surface area contributed by atoms with Gasteiger partial charge in [0.15, 0.2) is 0 Å². The molecule has 1 aliphatic heterocycles. The van der Waals surface area contributed by atoms with Crippen molar-refractivity contribution in [3.8, 4) is 0 Å². The third-order valence-electron chi connectivity index (χ3n) is 4.37. The van der Waals surface area contributed by atoms with Crippen LogP contribution in [0.15, 0.2) is 41.8 Å². The first-order valence-corrected chi connectivity index (χ1v) is 9.09. The van der Waals surface area contributed by atoms with E-state index in [1.165, 1.54) is 17.4 Å². The van der Waals surface area contributed by atoms with Gasteiger partial charge in [-0.05, 0) is 35.6 Å². The molecule has 1 fully saturated rings. The zero-order valence-corrected chi connectivity index (χ0v) is 14.7. The Hall–Kier alpha value is -1.90. The fourth-order valence-corrected chi connectivity index (χ4v) is 3.81. The summed E-state index contributed by atoms with van der Waals surface area (Å²) in [7, 11) is 0. The Bertz CT molecular complexity index is 749. The van der Waals surface area contributed by atoms with Crippen molar-refractivity contribution in [2.75, 3.05) is 13.1 Å². The van der Waals surface area contributed by atoms with Crippen molar-refractivity contribution < 1.29 is 23.1 Å². The van der Waals surface area contributed by atoms with Crippen molar-refractivity contribution in [2.24, 2.45) is 0 Å². The van der Waals surface area contributed by atoms with E-state index in [0.717, 1.165) is 17.0 Å². The van der Waals surface area contributed by atoms with Crippen molar-refractivity contribution in [3.05, 3.63) is 57.8 Å². The lowest BCUT2D eigenvalue weighted by Gasteiger charge is -2.24. The molecule has 3 rings (SSSR count). The molecule has 2 aromatic rings. The van der Waals surface area contributed by atoms with Gasteiger partial charge in [0.05, 0.1) is 24.8 Å². The van der Waals surface area contributed by atoms with Crippen molar-refractivity contribution >= 4 is 17.2 Å². The molecule has 4 nitrogen and oxygen atoms in total. The molecule has 0 radical (unpaired) electrons. The summed E-state index contributed by atoms with van der Waals surface area (Å²) in [6.07, 6.45) is -4.78. The molecule has 1 saturated heterocycles. The topological polar surface area (TPSA) is 52.6 Å². The van der Waals surface area contributed by atoms with Crippen molar-refractivity contribution in [3.63, 3.8) is 0 Å². The average Bonchev–Trinajstić information content (AvgIpc) is 3.22. The zero-order chi connectivity index (χ0) is 18.7. The van der Waals surface area contributed by atoms with Gasteiger partial charge >= 0.3 is 6.18 Å². The van der Waals surface area contributed by atoms with Gasteiger partial charge in [0.2, 0.25) is 5.91 Å². The van der Waals surface area contributed by atoms with Gasteiger partial charge in [-0.1, -0.05) is 18.2 Å². The van der Waals surface area contributed by atoms with Crippen LogP contribution in [0.4, 0.5) is 13.2 Å². The Morgan fingerprint density at radius 1 is 1.31 bits per heavy atom. The first-order valence-electron chi connectivity index (χ1n) is 8.21. The molecule has 2 heterocycles. The highest BCUT2D eigenvalue weighted by atomic mass is 32.1. The van der Waals surface area contributed by atoms with Gasteiger partial charge in [-0.2, -0.15) is 13.2 Å². The number of amides is 1. The first kappa shape index (κ1) is 18.9. The minimum Gasteiger partial charge on any atom is -0.392 e. The minimum atomic E-state index is -4.42. The third kappa shape index (κ3) is 4.63. The summed E-state index contributed by atoms with van der Waals surface area (Å²) in [5.41, 5.74) is -0.263. The Kier molecular flexibility index (Phi) is 5.64. The maximum Gasteiger partial charge on any atom is 0.416 e. The van der Waals surface area contributed by atoms with E-state index < -0.39 is 23.9 Å². The molecule has 1 aliphatic rings. The lowest BCUT2D eigenvalue weighted by molar-refractivity contribution is -0.137. The van der Waals surface area contributed by atoms with Gasteiger partial charge < -0.3 is 10.4 Å². The van der Waals surface area contributed by atoms with Crippen LogP contribution in [0.5, 0.6) is 0 Å². The number of aliphatic hydroxyl groups excluding tert-OH is 1. The van der Waals surface area contributed by atoms with Crippen LogP contribution in [-0.2, 0) is 17.5 Å². The molecule has 0 aliphatic carbocycles. The molecular formula is C18H19F3N2O2S. The number of carbonyl (C=O) groups is 1. The summed E-state index contributed by atoms with van der Waals surface area (Å²) >= 11 is 1.53.